The number of rotatable bonds is 1. The number of carbonyl (C=O) groups excluding carboxylic acids is 1. The Hall–Kier alpha value is -0.640. The summed E-state index contributed by atoms with van der Waals surface area (Å²) in [6.45, 7) is 8.14. The molecule has 0 radical (unpaired) electrons. The lowest BCUT2D eigenvalue weighted by molar-refractivity contribution is -0.130. The first-order valence-corrected chi connectivity index (χ1v) is 7.72. The van der Waals surface area contributed by atoms with Crippen molar-refractivity contribution in [2.24, 2.45) is 16.7 Å². The van der Waals surface area contributed by atoms with Crippen LogP contribution in [0.1, 0.15) is 40.0 Å². The van der Waals surface area contributed by atoms with E-state index in [1.165, 1.54) is 0 Å². The zero-order valence-corrected chi connectivity index (χ0v) is 13.4. The Bertz CT molecular complexity index is 444. The second-order valence-electron chi connectivity index (χ2n) is 8.49. The van der Waals surface area contributed by atoms with Gasteiger partial charge in [-0.2, -0.15) is 0 Å². The van der Waals surface area contributed by atoms with Crippen molar-refractivity contribution in [1.82, 2.24) is 9.80 Å². The molecule has 2 saturated heterocycles. The maximum absolute atomic E-state index is 14.0. The summed E-state index contributed by atoms with van der Waals surface area (Å²) in [5.41, 5.74) is 0.147. The fourth-order valence-electron chi connectivity index (χ4n) is 4.82. The quantitative estimate of drug-likeness (QED) is 0.737. The molecule has 3 rings (SSSR count). The molecule has 4 heteroatoms. The van der Waals surface area contributed by atoms with E-state index in [1.807, 2.05) is 14.1 Å². The smallest absolute Gasteiger partial charge is 0.225 e. The standard InChI is InChI=1S/C16H27FN2O/c1-14(2,3)16-6-11(17)8-19(16)10-15(9-16)7-12(15)13(20)18(4)5/h11-12H,6-10H2,1-5H3. The fraction of sp³-hybridized carbons (Fsp3) is 0.938. The first-order chi connectivity index (χ1) is 9.11. The summed E-state index contributed by atoms with van der Waals surface area (Å²) in [5.74, 6) is 0.424. The van der Waals surface area contributed by atoms with Crippen LogP contribution in [0.25, 0.3) is 0 Å². The maximum Gasteiger partial charge on any atom is 0.225 e. The molecule has 20 heavy (non-hydrogen) atoms. The predicted molar refractivity (Wildman–Crippen MR) is 77.1 cm³/mol. The predicted octanol–water partition coefficient (Wildman–Crippen LogP) is 2.31. The minimum absolute atomic E-state index is 0.0479. The van der Waals surface area contributed by atoms with E-state index in [0.717, 1.165) is 19.4 Å². The summed E-state index contributed by atoms with van der Waals surface area (Å²) in [6.07, 6.45) is 1.93. The van der Waals surface area contributed by atoms with Gasteiger partial charge in [0.2, 0.25) is 5.91 Å². The van der Waals surface area contributed by atoms with Crippen molar-refractivity contribution in [3.05, 3.63) is 0 Å². The molecule has 0 aromatic heterocycles. The molecular formula is C16H27FN2O. The number of alkyl halides is 1. The van der Waals surface area contributed by atoms with Gasteiger partial charge >= 0.3 is 0 Å². The highest BCUT2D eigenvalue weighted by Crippen LogP contribution is 2.68. The Morgan fingerprint density at radius 2 is 1.95 bits per heavy atom. The third-order valence-corrected chi connectivity index (χ3v) is 6.06. The molecule has 3 fully saturated rings. The van der Waals surface area contributed by atoms with E-state index in [2.05, 4.69) is 25.7 Å². The normalized spacial score (nSPS) is 43.9. The number of fused-ring (bicyclic) bond motifs is 1. The van der Waals surface area contributed by atoms with Crippen molar-refractivity contribution >= 4 is 5.91 Å². The lowest BCUT2D eigenvalue weighted by Gasteiger charge is -2.44. The molecule has 0 N–H and O–H groups in total. The van der Waals surface area contributed by atoms with E-state index in [4.69, 9.17) is 0 Å². The summed E-state index contributed by atoms with van der Waals surface area (Å²) in [7, 11) is 3.67. The van der Waals surface area contributed by atoms with Gasteiger partial charge in [-0.1, -0.05) is 20.8 Å². The summed E-state index contributed by atoms with van der Waals surface area (Å²) in [4.78, 5) is 16.3. The molecule has 1 amide bonds. The highest BCUT2D eigenvalue weighted by atomic mass is 19.1. The van der Waals surface area contributed by atoms with Crippen LogP contribution >= 0.6 is 0 Å². The molecule has 2 heterocycles. The van der Waals surface area contributed by atoms with Crippen LogP contribution in [0, 0.1) is 16.7 Å². The van der Waals surface area contributed by atoms with Crippen molar-refractivity contribution < 1.29 is 9.18 Å². The zero-order valence-electron chi connectivity index (χ0n) is 13.4. The lowest BCUT2D eigenvalue weighted by Crippen LogP contribution is -2.49. The molecule has 114 valence electrons. The van der Waals surface area contributed by atoms with Crippen LogP contribution in [-0.2, 0) is 4.79 Å². The van der Waals surface area contributed by atoms with Gasteiger partial charge < -0.3 is 4.90 Å². The number of hydrogen-bond donors (Lipinski definition) is 0. The van der Waals surface area contributed by atoms with Crippen molar-refractivity contribution in [1.29, 1.82) is 0 Å². The highest BCUT2D eigenvalue weighted by Gasteiger charge is 2.71. The minimum atomic E-state index is -0.701. The van der Waals surface area contributed by atoms with E-state index >= 15 is 0 Å². The topological polar surface area (TPSA) is 23.6 Å². The Morgan fingerprint density at radius 3 is 2.45 bits per heavy atom. The minimum Gasteiger partial charge on any atom is -0.349 e. The molecule has 4 atom stereocenters. The van der Waals surface area contributed by atoms with Crippen LogP contribution in [0.4, 0.5) is 4.39 Å². The second-order valence-corrected chi connectivity index (χ2v) is 8.49. The average Bonchev–Trinajstić information content (AvgIpc) is 2.73. The van der Waals surface area contributed by atoms with E-state index in [-0.39, 0.29) is 28.2 Å². The SMILES string of the molecule is CN(C)C(=O)C1CC12CN1CC(F)CC1(C(C)(C)C)C2. The van der Waals surface area contributed by atoms with Crippen LogP contribution in [0.3, 0.4) is 0 Å². The van der Waals surface area contributed by atoms with Crippen molar-refractivity contribution in [3.8, 4) is 0 Å². The fourth-order valence-corrected chi connectivity index (χ4v) is 4.82. The van der Waals surface area contributed by atoms with Gasteiger partial charge in [0, 0.05) is 38.6 Å². The number of nitrogens with zero attached hydrogens (tertiary/aromatic N) is 2. The van der Waals surface area contributed by atoms with E-state index in [0.29, 0.717) is 13.0 Å². The van der Waals surface area contributed by atoms with Gasteiger partial charge in [-0.15, -0.1) is 0 Å². The van der Waals surface area contributed by atoms with Crippen molar-refractivity contribution in [3.63, 3.8) is 0 Å². The summed E-state index contributed by atoms with van der Waals surface area (Å²) >= 11 is 0. The molecule has 1 spiro atoms. The number of amides is 1. The largest absolute Gasteiger partial charge is 0.349 e. The zero-order chi connectivity index (χ0) is 14.9. The van der Waals surface area contributed by atoms with Crippen LogP contribution in [0.15, 0.2) is 0 Å². The van der Waals surface area contributed by atoms with Gasteiger partial charge in [-0.25, -0.2) is 4.39 Å². The monoisotopic (exact) mass is 282 g/mol. The average molecular weight is 282 g/mol. The summed E-state index contributed by atoms with van der Waals surface area (Å²) < 4.78 is 14.0. The molecule has 1 saturated carbocycles. The molecule has 0 bridgehead atoms. The van der Waals surface area contributed by atoms with E-state index in [1.54, 1.807) is 4.90 Å². The Balaban J connectivity index is 1.85. The third-order valence-electron chi connectivity index (χ3n) is 6.06. The van der Waals surface area contributed by atoms with Crippen LogP contribution in [0.5, 0.6) is 0 Å². The number of hydrogen-bond acceptors (Lipinski definition) is 2. The van der Waals surface area contributed by atoms with Crippen LogP contribution in [0.2, 0.25) is 0 Å². The maximum atomic E-state index is 14.0. The second kappa shape index (κ2) is 3.96. The Labute approximate surface area is 121 Å². The van der Waals surface area contributed by atoms with Crippen LogP contribution < -0.4 is 0 Å². The molecule has 3 aliphatic rings. The van der Waals surface area contributed by atoms with Gasteiger partial charge in [-0.3, -0.25) is 9.69 Å². The third kappa shape index (κ3) is 1.76. The molecule has 1 aliphatic carbocycles. The molecule has 0 aromatic rings. The van der Waals surface area contributed by atoms with Crippen molar-refractivity contribution in [2.45, 2.75) is 51.7 Å². The molecule has 0 aromatic carbocycles. The van der Waals surface area contributed by atoms with Gasteiger partial charge in [0.25, 0.3) is 0 Å². The first-order valence-electron chi connectivity index (χ1n) is 7.72. The molecular weight excluding hydrogens is 255 g/mol. The van der Waals surface area contributed by atoms with Crippen molar-refractivity contribution in [2.75, 3.05) is 27.2 Å². The van der Waals surface area contributed by atoms with Gasteiger partial charge in [0.1, 0.15) is 6.17 Å². The first kappa shape index (κ1) is 14.3. The Morgan fingerprint density at radius 1 is 1.30 bits per heavy atom. The summed E-state index contributed by atoms with van der Waals surface area (Å²) in [5, 5.41) is 0. The van der Waals surface area contributed by atoms with Crippen LogP contribution in [-0.4, -0.2) is 54.6 Å². The van der Waals surface area contributed by atoms with Gasteiger partial charge in [0.15, 0.2) is 0 Å². The number of carbonyl (C=O) groups is 1. The van der Waals surface area contributed by atoms with Gasteiger partial charge in [0.05, 0.1) is 0 Å². The lowest BCUT2D eigenvalue weighted by atomic mass is 9.69. The molecule has 3 nitrogen and oxygen atoms in total. The summed E-state index contributed by atoms with van der Waals surface area (Å²) in [6, 6.07) is 0. The molecule has 4 unspecified atom stereocenters. The van der Waals surface area contributed by atoms with E-state index < -0.39 is 6.17 Å². The Kier molecular flexibility index (Phi) is 2.84. The van der Waals surface area contributed by atoms with Gasteiger partial charge in [-0.05, 0) is 30.1 Å². The molecule has 2 aliphatic heterocycles. The highest BCUT2D eigenvalue weighted by molar-refractivity contribution is 5.82. The van der Waals surface area contributed by atoms with E-state index in [9.17, 15) is 9.18 Å². The number of halogens is 1.